The van der Waals surface area contributed by atoms with Gasteiger partial charge in [-0.1, -0.05) is 78.1 Å². The maximum atomic E-state index is 10.6. The molecule has 0 aromatic rings. The first kappa shape index (κ1) is 19.9. The smallest absolute Gasteiger partial charge is 0.342 e. The molecule has 1 fully saturated rings. The molecule has 1 saturated heterocycles. The molecule has 1 atom stereocenters. The maximum Gasteiger partial charge on any atom is 0.409 e. The van der Waals surface area contributed by atoms with Crippen LogP contribution in [0.5, 0.6) is 0 Å². The number of hydrogen-bond donors (Lipinski definition) is 1. The predicted octanol–water partition coefficient (Wildman–Crippen LogP) is 4.26. The third kappa shape index (κ3) is 8.46. The molecule has 0 spiro atoms. The zero-order valence-electron chi connectivity index (χ0n) is 14.1. The Labute approximate surface area is 135 Å². The van der Waals surface area contributed by atoms with Crippen molar-refractivity contribution in [1.82, 2.24) is 0 Å². The van der Waals surface area contributed by atoms with Crippen molar-refractivity contribution in [3.05, 3.63) is 0 Å². The van der Waals surface area contributed by atoms with Crippen molar-refractivity contribution in [3.8, 4) is 0 Å². The fraction of sp³-hybridized carbons (Fsp3) is 1.00. The minimum atomic E-state index is -3.91. The summed E-state index contributed by atoms with van der Waals surface area (Å²) in [5.74, 6) is -1.02. The summed E-state index contributed by atoms with van der Waals surface area (Å²) < 4.78 is 29.9. The van der Waals surface area contributed by atoms with Gasteiger partial charge in [0.05, 0.1) is 0 Å². The Morgan fingerprint density at radius 2 is 1.41 bits per heavy atom. The molecule has 0 saturated carbocycles. The summed E-state index contributed by atoms with van der Waals surface area (Å²) in [6, 6.07) is 0. The highest BCUT2D eigenvalue weighted by Gasteiger charge is 2.50. The lowest BCUT2D eigenvalue weighted by Gasteiger charge is -2.33. The summed E-state index contributed by atoms with van der Waals surface area (Å²) in [7, 11) is -3.91. The fourth-order valence-electron chi connectivity index (χ4n) is 2.95. The van der Waals surface area contributed by atoms with Gasteiger partial charge in [-0.3, -0.25) is 0 Å². The zero-order chi connectivity index (χ0) is 16.5. The zero-order valence-corrected chi connectivity index (χ0v) is 14.9. The van der Waals surface area contributed by atoms with Gasteiger partial charge in [-0.25, -0.2) is 0 Å². The Morgan fingerprint density at radius 3 is 1.91 bits per heavy atom. The molecule has 22 heavy (non-hydrogen) atoms. The molecule has 0 aromatic heterocycles. The second-order valence-electron chi connectivity index (χ2n) is 6.55. The van der Waals surface area contributed by atoms with Crippen LogP contribution in [0.1, 0.15) is 90.9 Å². The molecule has 0 aliphatic carbocycles. The molecule has 0 amide bonds. The van der Waals surface area contributed by atoms with Crippen LogP contribution < -0.4 is 0 Å². The molecule has 1 aliphatic rings. The van der Waals surface area contributed by atoms with Crippen LogP contribution in [0, 0.1) is 5.92 Å². The lowest BCUT2D eigenvalue weighted by Crippen LogP contribution is -2.50. The van der Waals surface area contributed by atoms with Crippen molar-refractivity contribution < 1.29 is 21.9 Å². The van der Waals surface area contributed by atoms with E-state index in [9.17, 15) is 13.5 Å². The van der Waals surface area contributed by atoms with Crippen LogP contribution in [-0.4, -0.2) is 19.5 Å². The van der Waals surface area contributed by atoms with E-state index < -0.39 is 16.4 Å². The van der Waals surface area contributed by atoms with Crippen LogP contribution in [0.2, 0.25) is 0 Å². The highest BCUT2D eigenvalue weighted by atomic mass is 32.3. The third-order valence-electron chi connectivity index (χ3n) is 4.19. The first-order valence-electron chi connectivity index (χ1n) is 8.75. The molecular formula is C16H32O5S. The average molecular weight is 336 g/mol. The topological polar surface area (TPSA) is 72.8 Å². The molecule has 1 aliphatic heterocycles. The van der Waals surface area contributed by atoms with Gasteiger partial charge < -0.3 is 5.11 Å². The molecule has 1 rings (SSSR count). The average Bonchev–Trinajstić information content (AvgIpc) is 2.38. The molecule has 1 N–H and O–H groups in total. The number of rotatable bonds is 13. The fourth-order valence-corrected chi connectivity index (χ4v) is 3.76. The van der Waals surface area contributed by atoms with E-state index in [4.69, 9.17) is 0 Å². The first-order chi connectivity index (χ1) is 10.4. The van der Waals surface area contributed by atoms with E-state index in [2.05, 4.69) is 22.2 Å². The highest BCUT2D eigenvalue weighted by molar-refractivity contribution is 7.82. The summed E-state index contributed by atoms with van der Waals surface area (Å²) in [5, 5.41) is 9.50. The van der Waals surface area contributed by atoms with E-state index in [1.54, 1.807) is 0 Å². The summed E-state index contributed by atoms with van der Waals surface area (Å²) in [6.45, 7) is 4.59. The lowest BCUT2D eigenvalue weighted by atomic mass is 9.98. The molecular weight excluding hydrogens is 304 g/mol. The van der Waals surface area contributed by atoms with Crippen molar-refractivity contribution in [2.75, 3.05) is 0 Å². The van der Waals surface area contributed by atoms with Gasteiger partial charge in [0, 0.05) is 6.42 Å². The van der Waals surface area contributed by atoms with Gasteiger partial charge in [0.25, 0.3) is 0 Å². The predicted molar refractivity (Wildman–Crippen MR) is 86.3 cm³/mol. The Kier molecular flexibility index (Phi) is 8.90. The van der Waals surface area contributed by atoms with Crippen LogP contribution in [-0.2, 0) is 18.8 Å². The van der Waals surface area contributed by atoms with Crippen LogP contribution in [0.25, 0.3) is 0 Å². The molecule has 1 unspecified atom stereocenters. The lowest BCUT2D eigenvalue weighted by molar-refractivity contribution is -0.329. The van der Waals surface area contributed by atoms with Crippen LogP contribution in [0.3, 0.4) is 0 Å². The van der Waals surface area contributed by atoms with Crippen molar-refractivity contribution in [2.45, 2.75) is 96.9 Å². The second kappa shape index (κ2) is 9.85. The molecule has 0 radical (unpaired) electrons. The van der Waals surface area contributed by atoms with Gasteiger partial charge in [0.1, 0.15) is 0 Å². The van der Waals surface area contributed by atoms with Crippen molar-refractivity contribution in [2.24, 2.45) is 5.92 Å². The summed E-state index contributed by atoms with van der Waals surface area (Å²) in [4.78, 5) is 0. The van der Waals surface area contributed by atoms with Gasteiger partial charge in [0.2, 0.25) is 0 Å². The monoisotopic (exact) mass is 336 g/mol. The SMILES string of the molecule is CCCC(C)CCCCCCCCCCC1(O)OS(=O)(=O)O1. The molecule has 5 nitrogen and oxygen atoms in total. The van der Waals surface area contributed by atoms with Crippen molar-refractivity contribution >= 4 is 10.4 Å². The van der Waals surface area contributed by atoms with Crippen molar-refractivity contribution in [1.29, 1.82) is 0 Å². The van der Waals surface area contributed by atoms with E-state index in [0.717, 1.165) is 18.8 Å². The Balaban J connectivity index is 1.82. The van der Waals surface area contributed by atoms with Crippen LogP contribution in [0.15, 0.2) is 0 Å². The van der Waals surface area contributed by atoms with Gasteiger partial charge >= 0.3 is 16.4 Å². The summed E-state index contributed by atoms with van der Waals surface area (Å²) in [6.07, 6.45) is 13.4. The first-order valence-corrected chi connectivity index (χ1v) is 10.1. The number of aliphatic hydroxyl groups is 1. The van der Waals surface area contributed by atoms with Gasteiger partial charge in [-0.15, -0.1) is 0 Å². The highest BCUT2D eigenvalue weighted by Crippen LogP contribution is 2.32. The van der Waals surface area contributed by atoms with Gasteiger partial charge in [-0.05, 0) is 12.3 Å². The third-order valence-corrected chi connectivity index (χ3v) is 5.11. The van der Waals surface area contributed by atoms with Crippen LogP contribution >= 0.6 is 0 Å². The van der Waals surface area contributed by atoms with Gasteiger partial charge in [0.15, 0.2) is 0 Å². The maximum absolute atomic E-state index is 10.6. The minimum absolute atomic E-state index is 0.210. The van der Waals surface area contributed by atoms with E-state index in [0.29, 0.717) is 6.42 Å². The molecule has 132 valence electrons. The number of unbranched alkanes of at least 4 members (excludes halogenated alkanes) is 7. The molecule has 6 heteroatoms. The summed E-state index contributed by atoms with van der Waals surface area (Å²) >= 11 is 0. The standard InChI is InChI=1S/C16H32O5S/c1-3-12-15(2)13-10-8-6-4-5-7-9-11-14-16(17)20-22(18,19)21-16/h15,17H,3-14H2,1-2H3. The Hall–Kier alpha value is -0.170. The van der Waals surface area contributed by atoms with E-state index in [1.807, 2.05) is 0 Å². The van der Waals surface area contributed by atoms with Crippen LogP contribution in [0.4, 0.5) is 0 Å². The number of hydrogen-bond acceptors (Lipinski definition) is 5. The second-order valence-corrected chi connectivity index (χ2v) is 7.70. The minimum Gasteiger partial charge on any atom is -0.342 e. The van der Waals surface area contributed by atoms with E-state index in [1.165, 1.54) is 51.4 Å². The Bertz CT molecular complexity index is 381. The van der Waals surface area contributed by atoms with E-state index in [-0.39, 0.29) is 6.42 Å². The van der Waals surface area contributed by atoms with E-state index >= 15 is 0 Å². The Morgan fingerprint density at radius 1 is 0.909 bits per heavy atom. The molecule has 0 aromatic carbocycles. The normalized spacial score (nSPS) is 20.5. The van der Waals surface area contributed by atoms with Gasteiger partial charge in [-0.2, -0.15) is 16.8 Å². The summed E-state index contributed by atoms with van der Waals surface area (Å²) in [5.41, 5.74) is 0. The quantitative estimate of drug-likeness (QED) is 0.509. The molecule has 0 bridgehead atoms. The molecule has 1 heterocycles. The van der Waals surface area contributed by atoms with Crippen molar-refractivity contribution in [3.63, 3.8) is 0 Å². The largest absolute Gasteiger partial charge is 0.409 e.